The topological polar surface area (TPSA) is 101 Å². The maximum absolute atomic E-state index is 11.8. The van der Waals surface area contributed by atoms with Crippen molar-refractivity contribution in [3.63, 3.8) is 0 Å². The van der Waals surface area contributed by atoms with E-state index in [2.05, 4.69) is 10.9 Å². The molecule has 0 unspecified atom stereocenters. The second-order valence-electron chi connectivity index (χ2n) is 3.82. The van der Waals surface area contributed by atoms with Gasteiger partial charge < -0.3 is 0 Å². The molecule has 0 atom stereocenters. The van der Waals surface area contributed by atoms with Crippen LogP contribution in [0.5, 0.6) is 0 Å². The number of hydrazine groups is 1. The van der Waals surface area contributed by atoms with Gasteiger partial charge in [0, 0.05) is 17.7 Å². The number of halogens is 1. The van der Waals surface area contributed by atoms with Crippen molar-refractivity contribution >= 4 is 40.4 Å². The molecule has 2 amide bonds. The summed E-state index contributed by atoms with van der Waals surface area (Å²) in [6.07, 6.45) is 0. The molecule has 1 aromatic carbocycles. The summed E-state index contributed by atoms with van der Waals surface area (Å²) in [6, 6.07) is 8.24. The predicted octanol–water partition coefficient (Wildman–Crippen LogP) is 2.38. The largest absolute Gasteiger partial charge is 0.279 e. The normalized spacial score (nSPS) is 9.95. The fourth-order valence-electron chi connectivity index (χ4n) is 1.44. The van der Waals surface area contributed by atoms with Crippen LogP contribution < -0.4 is 10.9 Å². The molecule has 0 radical (unpaired) electrons. The van der Waals surface area contributed by atoms with Gasteiger partial charge in [-0.15, -0.1) is 11.3 Å². The van der Waals surface area contributed by atoms with Crippen LogP contribution in [0.25, 0.3) is 0 Å². The first kappa shape index (κ1) is 14.9. The van der Waals surface area contributed by atoms with Gasteiger partial charge in [0.2, 0.25) is 0 Å². The number of hydrogen-bond donors (Lipinski definition) is 2. The summed E-state index contributed by atoms with van der Waals surface area (Å²) >= 11 is 6.76. The molecule has 2 N–H and O–H groups in total. The molecule has 2 rings (SSSR count). The zero-order chi connectivity index (χ0) is 15.4. The molecule has 21 heavy (non-hydrogen) atoms. The average molecular weight is 326 g/mol. The molecule has 0 saturated carbocycles. The lowest BCUT2D eigenvalue weighted by Gasteiger charge is -2.06. The highest BCUT2D eigenvalue weighted by atomic mass is 35.5. The lowest BCUT2D eigenvalue weighted by molar-refractivity contribution is -0.384. The lowest BCUT2D eigenvalue weighted by Crippen LogP contribution is -2.41. The Kier molecular flexibility index (Phi) is 4.51. The van der Waals surface area contributed by atoms with Gasteiger partial charge in [0.25, 0.3) is 17.5 Å². The molecule has 108 valence electrons. The molecule has 0 saturated heterocycles. The van der Waals surface area contributed by atoms with Crippen molar-refractivity contribution in [2.75, 3.05) is 0 Å². The Hall–Kier alpha value is -2.45. The number of nitro benzene ring substituents is 1. The van der Waals surface area contributed by atoms with Gasteiger partial charge in [0.15, 0.2) is 0 Å². The number of nitrogens with zero attached hydrogens (tertiary/aromatic N) is 1. The predicted molar refractivity (Wildman–Crippen MR) is 77.4 cm³/mol. The van der Waals surface area contributed by atoms with Gasteiger partial charge in [0.05, 0.1) is 14.1 Å². The first-order valence-electron chi connectivity index (χ1n) is 5.58. The molecule has 0 fully saturated rings. The average Bonchev–Trinajstić information content (AvgIpc) is 2.91. The molecule has 0 bridgehead atoms. The van der Waals surface area contributed by atoms with Crippen LogP contribution in [0.2, 0.25) is 4.34 Å². The van der Waals surface area contributed by atoms with E-state index in [0.717, 1.165) is 17.4 Å². The fourth-order valence-corrected chi connectivity index (χ4v) is 2.38. The van der Waals surface area contributed by atoms with Crippen LogP contribution in [0.1, 0.15) is 20.0 Å². The second kappa shape index (κ2) is 6.33. The standard InChI is InChI=1S/C12H8ClN3O4S/c13-10-5-4-9(21-10)12(18)15-14-11(17)7-2-1-3-8(6-7)16(19)20/h1-6H,(H,14,17)(H,15,18). The number of carbonyl (C=O) groups excluding carboxylic acids is 2. The molecule has 9 heteroatoms. The van der Waals surface area contributed by atoms with Crippen molar-refractivity contribution in [2.24, 2.45) is 0 Å². The van der Waals surface area contributed by atoms with Gasteiger partial charge in [-0.05, 0) is 18.2 Å². The lowest BCUT2D eigenvalue weighted by atomic mass is 10.2. The van der Waals surface area contributed by atoms with Crippen LogP contribution >= 0.6 is 22.9 Å². The molecule has 0 aliphatic heterocycles. The van der Waals surface area contributed by atoms with E-state index in [9.17, 15) is 19.7 Å². The van der Waals surface area contributed by atoms with Gasteiger partial charge in [-0.2, -0.15) is 0 Å². The van der Waals surface area contributed by atoms with E-state index in [1.165, 1.54) is 24.3 Å². The van der Waals surface area contributed by atoms with Crippen molar-refractivity contribution < 1.29 is 14.5 Å². The molecule has 1 aromatic heterocycles. The van der Waals surface area contributed by atoms with Crippen molar-refractivity contribution in [2.45, 2.75) is 0 Å². The molecule has 2 aromatic rings. The summed E-state index contributed by atoms with van der Waals surface area (Å²) < 4.78 is 0.449. The minimum absolute atomic E-state index is 0.0636. The van der Waals surface area contributed by atoms with Crippen molar-refractivity contribution in [1.29, 1.82) is 0 Å². The Morgan fingerprint density at radius 2 is 1.86 bits per heavy atom. The summed E-state index contributed by atoms with van der Waals surface area (Å²) in [5, 5.41) is 10.6. The van der Waals surface area contributed by atoms with Crippen molar-refractivity contribution in [3.8, 4) is 0 Å². The zero-order valence-corrected chi connectivity index (χ0v) is 11.9. The van der Waals surface area contributed by atoms with E-state index in [-0.39, 0.29) is 11.3 Å². The highest BCUT2D eigenvalue weighted by molar-refractivity contribution is 7.17. The molecule has 0 aliphatic carbocycles. The van der Waals surface area contributed by atoms with E-state index >= 15 is 0 Å². The van der Waals surface area contributed by atoms with Crippen molar-refractivity contribution in [1.82, 2.24) is 10.9 Å². The van der Waals surface area contributed by atoms with Gasteiger partial charge >= 0.3 is 0 Å². The van der Waals surface area contributed by atoms with E-state index in [0.29, 0.717) is 9.21 Å². The second-order valence-corrected chi connectivity index (χ2v) is 5.53. The number of carbonyl (C=O) groups is 2. The smallest absolute Gasteiger partial charge is 0.267 e. The maximum Gasteiger partial charge on any atom is 0.279 e. The van der Waals surface area contributed by atoms with E-state index in [4.69, 9.17) is 11.6 Å². The van der Waals surface area contributed by atoms with Crippen LogP contribution in [-0.2, 0) is 0 Å². The first-order valence-corrected chi connectivity index (χ1v) is 6.77. The SMILES string of the molecule is O=C(NNC(=O)c1ccc(Cl)s1)c1cccc([N+](=O)[O-])c1. The number of amides is 2. The minimum atomic E-state index is -0.658. The Morgan fingerprint density at radius 1 is 1.14 bits per heavy atom. The Morgan fingerprint density at radius 3 is 2.48 bits per heavy atom. The summed E-state index contributed by atoms with van der Waals surface area (Å²) in [7, 11) is 0. The van der Waals surface area contributed by atoms with Gasteiger partial charge in [-0.3, -0.25) is 30.6 Å². The van der Waals surface area contributed by atoms with Gasteiger partial charge in [0.1, 0.15) is 0 Å². The van der Waals surface area contributed by atoms with Gasteiger partial charge in [-0.25, -0.2) is 0 Å². The number of rotatable bonds is 3. The minimum Gasteiger partial charge on any atom is -0.267 e. The van der Waals surface area contributed by atoms with Crippen LogP contribution in [0.4, 0.5) is 5.69 Å². The van der Waals surface area contributed by atoms with Crippen LogP contribution in [0, 0.1) is 10.1 Å². The molecular weight excluding hydrogens is 318 g/mol. The molecule has 0 spiro atoms. The summed E-state index contributed by atoms with van der Waals surface area (Å²) in [5.74, 6) is -1.18. The number of hydrogen-bond acceptors (Lipinski definition) is 5. The van der Waals surface area contributed by atoms with Gasteiger partial charge in [-0.1, -0.05) is 17.7 Å². The number of non-ortho nitro benzene ring substituents is 1. The van der Waals surface area contributed by atoms with Crippen LogP contribution in [-0.4, -0.2) is 16.7 Å². The maximum atomic E-state index is 11.8. The highest BCUT2D eigenvalue weighted by Crippen LogP contribution is 2.20. The quantitative estimate of drug-likeness (QED) is 0.668. The van der Waals surface area contributed by atoms with Crippen LogP contribution in [0.3, 0.4) is 0 Å². The number of thiophene rings is 1. The molecule has 0 aliphatic rings. The molecular formula is C12H8ClN3O4S. The van der Waals surface area contributed by atoms with E-state index < -0.39 is 16.7 Å². The Labute approximate surface area is 127 Å². The number of nitro groups is 1. The summed E-state index contributed by atoms with van der Waals surface area (Å²) in [5.41, 5.74) is 4.23. The summed E-state index contributed by atoms with van der Waals surface area (Å²) in [6.45, 7) is 0. The number of nitrogens with one attached hydrogen (secondary N) is 2. The van der Waals surface area contributed by atoms with E-state index in [1.54, 1.807) is 6.07 Å². The first-order chi connectivity index (χ1) is 9.97. The monoisotopic (exact) mass is 325 g/mol. The van der Waals surface area contributed by atoms with Crippen molar-refractivity contribution in [3.05, 3.63) is 61.3 Å². The summed E-state index contributed by atoms with van der Waals surface area (Å²) in [4.78, 5) is 33.8. The number of benzene rings is 1. The third-order valence-electron chi connectivity index (χ3n) is 2.41. The Bertz CT molecular complexity index is 716. The third-order valence-corrected chi connectivity index (χ3v) is 3.64. The van der Waals surface area contributed by atoms with E-state index in [1.807, 2.05) is 0 Å². The third kappa shape index (κ3) is 3.77. The Balaban J connectivity index is 2.00. The molecule has 7 nitrogen and oxygen atoms in total. The fraction of sp³-hybridized carbons (Fsp3) is 0. The zero-order valence-electron chi connectivity index (χ0n) is 10.3. The highest BCUT2D eigenvalue weighted by Gasteiger charge is 2.13. The molecule has 1 heterocycles. The van der Waals surface area contributed by atoms with Crippen LogP contribution in [0.15, 0.2) is 36.4 Å².